The maximum Gasteiger partial charge on any atom is 0.266 e. The molecule has 2 atom stereocenters. The first-order valence-corrected chi connectivity index (χ1v) is 15.7. The Hall–Kier alpha value is -3.21. The average Bonchev–Trinajstić information content (AvgIpc) is 3.39. The number of halogens is 3. The van der Waals surface area contributed by atoms with Gasteiger partial charge in [0.1, 0.15) is 5.75 Å². The number of aliphatic hydroxyl groups is 1. The molecule has 1 heterocycles. The van der Waals surface area contributed by atoms with Gasteiger partial charge in [-0.05, 0) is 77.4 Å². The van der Waals surface area contributed by atoms with Crippen LogP contribution >= 0.6 is 43.5 Å². The van der Waals surface area contributed by atoms with Crippen LogP contribution in [-0.2, 0) is 22.5 Å². The lowest BCUT2D eigenvalue weighted by atomic mass is 9.82. The molecule has 1 aliphatic rings. The zero-order chi connectivity index (χ0) is 30.2. The lowest BCUT2D eigenvalue weighted by molar-refractivity contribution is -0.130. The van der Waals surface area contributed by atoms with Crippen molar-refractivity contribution in [3.05, 3.63) is 133 Å². The maximum atomic E-state index is 14.3. The third kappa shape index (κ3) is 7.85. The van der Waals surface area contributed by atoms with Gasteiger partial charge in [0, 0.05) is 45.5 Å². The number of carbonyl (C=O) groups excluding carboxylic acids is 1. The minimum atomic E-state index is -1.34. The number of aliphatic hydroxyl groups excluding tert-OH is 1. The van der Waals surface area contributed by atoms with Crippen LogP contribution in [0.15, 0.2) is 111 Å². The minimum absolute atomic E-state index is 0.0661. The summed E-state index contributed by atoms with van der Waals surface area (Å²) in [5.74, 6) is 0.700. The molecular weight excluding hydrogens is 698 g/mol. The number of aliphatic imine (C=N–C) groups is 1. The summed E-state index contributed by atoms with van der Waals surface area (Å²) >= 11 is 13.2. The number of nitrogens with one attached hydrogen (secondary N) is 2. The summed E-state index contributed by atoms with van der Waals surface area (Å²) in [7, 11) is 0. The highest BCUT2D eigenvalue weighted by Crippen LogP contribution is 2.43. The molecule has 1 aliphatic heterocycles. The summed E-state index contributed by atoms with van der Waals surface area (Å²) in [6.45, 7) is 0.854. The number of hydrazine groups is 1. The second-order valence-electron chi connectivity index (χ2n) is 10.1. The molecule has 1 amide bonds. The van der Waals surface area contributed by atoms with Crippen LogP contribution in [0.25, 0.3) is 0 Å². The first-order valence-electron chi connectivity index (χ1n) is 13.7. The van der Waals surface area contributed by atoms with Gasteiger partial charge in [0.15, 0.2) is 11.6 Å². The topological polar surface area (TPSA) is 92.2 Å². The number of hydrogen-bond acceptors (Lipinski definition) is 6. The molecule has 0 saturated heterocycles. The van der Waals surface area contributed by atoms with Crippen LogP contribution < -0.4 is 15.6 Å². The zero-order valence-corrected chi connectivity index (χ0v) is 27.0. The molecule has 0 bridgehead atoms. The molecule has 0 saturated carbocycles. The molecule has 3 N–H and O–H groups in total. The lowest BCUT2D eigenvalue weighted by Gasteiger charge is -2.31. The Labute approximate surface area is 272 Å². The van der Waals surface area contributed by atoms with Gasteiger partial charge in [-0.1, -0.05) is 79.9 Å². The maximum absolute atomic E-state index is 14.3. The van der Waals surface area contributed by atoms with E-state index in [4.69, 9.17) is 31.2 Å². The summed E-state index contributed by atoms with van der Waals surface area (Å²) in [4.78, 5) is 19.3. The number of benzene rings is 4. The van der Waals surface area contributed by atoms with E-state index in [1.54, 1.807) is 6.07 Å². The molecule has 4 aromatic rings. The van der Waals surface area contributed by atoms with Crippen molar-refractivity contribution in [1.82, 2.24) is 10.9 Å². The van der Waals surface area contributed by atoms with Crippen LogP contribution in [-0.4, -0.2) is 35.7 Å². The number of amides is 1. The molecule has 7 nitrogen and oxygen atoms in total. The van der Waals surface area contributed by atoms with Crippen molar-refractivity contribution in [2.45, 2.75) is 31.0 Å². The second kappa shape index (κ2) is 14.5. The number of hydrogen-bond donors (Lipinski definition) is 3. The van der Waals surface area contributed by atoms with Gasteiger partial charge in [0.2, 0.25) is 5.90 Å². The largest absolute Gasteiger partial charge is 0.494 e. The van der Waals surface area contributed by atoms with Crippen molar-refractivity contribution in [2.75, 3.05) is 13.2 Å². The fourth-order valence-corrected chi connectivity index (χ4v) is 5.56. The molecule has 222 valence electrons. The Morgan fingerprint density at radius 1 is 0.953 bits per heavy atom. The van der Waals surface area contributed by atoms with Crippen molar-refractivity contribution in [1.29, 1.82) is 0 Å². The summed E-state index contributed by atoms with van der Waals surface area (Å²) in [6.07, 6.45) is 0.121. The number of ether oxygens (including phenoxy) is 2. The zero-order valence-electron chi connectivity index (χ0n) is 23.1. The van der Waals surface area contributed by atoms with Crippen molar-refractivity contribution in [3.63, 3.8) is 0 Å². The highest BCUT2D eigenvalue weighted by Gasteiger charge is 2.53. The van der Waals surface area contributed by atoms with E-state index in [2.05, 4.69) is 42.7 Å². The molecule has 4 aromatic carbocycles. The molecule has 5 rings (SSSR count). The van der Waals surface area contributed by atoms with E-state index in [1.807, 2.05) is 91.0 Å². The summed E-state index contributed by atoms with van der Waals surface area (Å²) in [5, 5.41) is 9.66. The van der Waals surface area contributed by atoms with E-state index in [-0.39, 0.29) is 18.9 Å². The monoisotopic (exact) mass is 725 g/mol. The van der Waals surface area contributed by atoms with Gasteiger partial charge in [-0.25, -0.2) is 10.4 Å². The quantitative estimate of drug-likeness (QED) is 0.109. The summed E-state index contributed by atoms with van der Waals surface area (Å²) in [5.41, 5.74) is 8.01. The Bertz CT molecular complexity index is 1570. The predicted molar refractivity (Wildman–Crippen MR) is 175 cm³/mol. The van der Waals surface area contributed by atoms with Gasteiger partial charge in [-0.2, -0.15) is 0 Å². The standard InChI is InChI=1S/C33H30Br2ClN3O4/c34-26-11-5-22(6-12-26)20-33(32(41)39-37-21-23-3-1-4-28(36)19-23)30(24-7-13-27(35)14-8-24)43-31(38-33)25-9-15-29(16-10-25)42-18-2-17-40/h1,3-16,19,30,37,40H,2,17-18,20-21H2,(H,39,41)/t30-,33-/m0/s1. The smallest absolute Gasteiger partial charge is 0.266 e. The predicted octanol–water partition coefficient (Wildman–Crippen LogP) is 6.95. The van der Waals surface area contributed by atoms with Crippen molar-refractivity contribution in [2.24, 2.45) is 4.99 Å². The molecule has 0 radical (unpaired) electrons. The van der Waals surface area contributed by atoms with E-state index in [1.165, 1.54) is 0 Å². The fraction of sp³-hybridized carbons (Fsp3) is 0.212. The van der Waals surface area contributed by atoms with Crippen LogP contribution in [0.2, 0.25) is 5.02 Å². The molecule has 0 spiro atoms. The van der Waals surface area contributed by atoms with Crippen LogP contribution in [0, 0.1) is 0 Å². The van der Waals surface area contributed by atoms with Crippen LogP contribution in [0.5, 0.6) is 5.75 Å². The second-order valence-corrected chi connectivity index (χ2v) is 12.3. The third-order valence-corrected chi connectivity index (χ3v) is 8.27. The van der Waals surface area contributed by atoms with Gasteiger partial charge in [0.05, 0.1) is 6.61 Å². The molecule has 43 heavy (non-hydrogen) atoms. The van der Waals surface area contributed by atoms with Gasteiger partial charge in [-0.3, -0.25) is 10.2 Å². The number of carbonyl (C=O) groups is 1. The minimum Gasteiger partial charge on any atom is -0.494 e. The van der Waals surface area contributed by atoms with E-state index < -0.39 is 11.6 Å². The van der Waals surface area contributed by atoms with Crippen LogP contribution in [0.4, 0.5) is 0 Å². The van der Waals surface area contributed by atoms with E-state index >= 15 is 0 Å². The third-order valence-electron chi connectivity index (χ3n) is 6.97. The van der Waals surface area contributed by atoms with Gasteiger partial charge >= 0.3 is 0 Å². The Kier molecular flexibility index (Phi) is 10.5. The van der Waals surface area contributed by atoms with Crippen LogP contribution in [0.1, 0.15) is 34.8 Å². The lowest BCUT2D eigenvalue weighted by Crippen LogP contribution is -2.53. The van der Waals surface area contributed by atoms with E-state index in [0.717, 1.165) is 25.6 Å². The molecule has 10 heteroatoms. The fourth-order valence-electron chi connectivity index (χ4n) is 4.82. The van der Waals surface area contributed by atoms with Gasteiger partial charge < -0.3 is 14.6 Å². The number of rotatable bonds is 12. The SMILES string of the molecule is O=C(NNCc1cccc(Cl)c1)[C@@]1(Cc2ccc(Br)cc2)N=C(c2ccc(OCCCO)cc2)O[C@H]1c1ccc(Br)cc1. The Balaban J connectivity index is 1.51. The van der Waals surface area contributed by atoms with Crippen molar-refractivity contribution >= 4 is 55.3 Å². The van der Waals surface area contributed by atoms with Crippen molar-refractivity contribution < 1.29 is 19.4 Å². The highest BCUT2D eigenvalue weighted by molar-refractivity contribution is 9.10. The van der Waals surface area contributed by atoms with Crippen molar-refractivity contribution in [3.8, 4) is 5.75 Å². The highest BCUT2D eigenvalue weighted by atomic mass is 79.9. The van der Waals surface area contributed by atoms with E-state index in [9.17, 15) is 4.79 Å². The first-order chi connectivity index (χ1) is 20.9. The van der Waals surface area contributed by atoms with Crippen LogP contribution in [0.3, 0.4) is 0 Å². The molecule has 0 aliphatic carbocycles. The Morgan fingerprint density at radius 2 is 1.65 bits per heavy atom. The first kappa shape index (κ1) is 31.2. The normalized spacial score (nSPS) is 17.7. The molecule has 0 unspecified atom stereocenters. The molecular formula is C33H30Br2ClN3O4. The number of nitrogens with zero attached hydrogens (tertiary/aromatic N) is 1. The molecule has 0 aromatic heterocycles. The van der Waals surface area contributed by atoms with E-state index in [0.29, 0.717) is 41.8 Å². The Morgan fingerprint density at radius 3 is 2.33 bits per heavy atom. The molecule has 0 fully saturated rings. The summed E-state index contributed by atoms with van der Waals surface area (Å²) < 4.78 is 14.1. The van der Waals surface area contributed by atoms with Gasteiger partial charge in [-0.15, -0.1) is 0 Å². The van der Waals surface area contributed by atoms with Gasteiger partial charge in [0.25, 0.3) is 5.91 Å². The average molecular weight is 728 g/mol. The summed E-state index contributed by atoms with van der Waals surface area (Å²) in [6, 6.07) is 30.4.